The predicted octanol–water partition coefficient (Wildman–Crippen LogP) is 3.94. The minimum Gasteiger partial charge on any atom is -0.373 e. The first-order chi connectivity index (χ1) is 7.27. The van der Waals surface area contributed by atoms with Crippen molar-refractivity contribution in [2.75, 3.05) is 0 Å². The topological polar surface area (TPSA) is 9.23 Å². The average molecular weight is 229 g/mol. The maximum absolute atomic E-state index is 13.4. The molecule has 0 aliphatic heterocycles. The number of benzene rings is 1. The van der Waals surface area contributed by atoms with Crippen molar-refractivity contribution in [3.05, 3.63) is 34.6 Å². The van der Waals surface area contributed by atoms with Gasteiger partial charge in [0, 0.05) is 10.6 Å². The molecule has 1 aromatic rings. The van der Waals surface area contributed by atoms with E-state index in [4.69, 9.17) is 16.3 Å². The Labute approximate surface area is 94.2 Å². The molecule has 0 N–H and O–H groups in total. The fraction of sp³-hybridized carbons (Fsp3) is 0.500. The van der Waals surface area contributed by atoms with Crippen molar-refractivity contribution in [1.29, 1.82) is 0 Å². The third-order valence-electron chi connectivity index (χ3n) is 2.83. The lowest BCUT2D eigenvalue weighted by Crippen LogP contribution is -2.08. The van der Waals surface area contributed by atoms with Gasteiger partial charge in [0.15, 0.2) is 0 Å². The van der Waals surface area contributed by atoms with E-state index in [0.29, 0.717) is 16.7 Å². The van der Waals surface area contributed by atoms with Crippen LogP contribution in [0, 0.1) is 5.82 Å². The normalized spacial score (nSPS) is 17.2. The van der Waals surface area contributed by atoms with Crippen LogP contribution in [0.5, 0.6) is 0 Å². The fourth-order valence-electron chi connectivity index (χ4n) is 1.93. The van der Waals surface area contributed by atoms with E-state index in [1.54, 1.807) is 12.1 Å². The lowest BCUT2D eigenvalue weighted by Gasteiger charge is -2.12. The number of hydrogen-bond donors (Lipinski definition) is 0. The molecule has 0 radical (unpaired) electrons. The smallest absolute Gasteiger partial charge is 0.130 e. The van der Waals surface area contributed by atoms with Gasteiger partial charge in [-0.3, -0.25) is 0 Å². The van der Waals surface area contributed by atoms with Crippen LogP contribution >= 0.6 is 11.6 Å². The Hall–Kier alpha value is -0.600. The first kappa shape index (κ1) is 10.9. The van der Waals surface area contributed by atoms with Gasteiger partial charge < -0.3 is 4.74 Å². The van der Waals surface area contributed by atoms with Gasteiger partial charge in [0.1, 0.15) is 5.82 Å². The van der Waals surface area contributed by atoms with Crippen molar-refractivity contribution in [1.82, 2.24) is 0 Å². The van der Waals surface area contributed by atoms with Crippen LogP contribution in [0.25, 0.3) is 0 Å². The number of rotatable bonds is 3. The summed E-state index contributed by atoms with van der Waals surface area (Å²) < 4.78 is 19.0. The number of halogens is 2. The molecule has 82 valence electrons. The van der Waals surface area contributed by atoms with E-state index in [1.807, 2.05) is 0 Å². The fourth-order valence-corrected chi connectivity index (χ4v) is 2.14. The Morgan fingerprint density at radius 3 is 2.73 bits per heavy atom. The molecule has 0 atom stereocenters. The number of hydrogen-bond acceptors (Lipinski definition) is 1. The molecule has 1 nitrogen and oxygen atoms in total. The summed E-state index contributed by atoms with van der Waals surface area (Å²) in [6, 6.07) is 4.72. The maximum Gasteiger partial charge on any atom is 0.130 e. The summed E-state index contributed by atoms with van der Waals surface area (Å²) in [6.07, 6.45) is 4.91. The zero-order valence-electron chi connectivity index (χ0n) is 8.51. The van der Waals surface area contributed by atoms with Crippen molar-refractivity contribution in [3.63, 3.8) is 0 Å². The molecule has 0 unspecified atom stereocenters. The van der Waals surface area contributed by atoms with Crippen LogP contribution in [0.1, 0.15) is 31.2 Å². The molecule has 3 heteroatoms. The summed E-state index contributed by atoms with van der Waals surface area (Å²) in [7, 11) is 0. The van der Waals surface area contributed by atoms with Crippen molar-refractivity contribution >= 4 is 11.6 Å². The van der Waals surface area contributed by atoms with Crippen molar-refractivity contribution in [3.8, 4) is 0 Å². The Morgan fingerprint density at radius 2 is 2.07 bits per heavy atom. The lowest BCUT2D eigenvalue weighted by atomic mass is 10.2. The van der Waals surface area contributed by atoms with Gasteiger partial charge in [0.2, 0.25) is 0 Å². The zero-order valence-corrected chi connectivity index (χ0v) is 9.27. The SMILES string of the molecule is Fc1cccc(Cl)c1COC1CCCC1. The van der Waals surface area contributed by atoms with E-state index >= 15 is 0 Å². The molecule has 0 spiro atoms. The van der Waals surface area contributed by atoms with Crippen LogP contribution in [0.3, 0.4) is 0 Å². The van der Waals surface area contributed by atoms with E-state index in [9.17, 15) is 4.39 Å². The summed E-state index contributed by atoms with van der Waals surface area (Å²) in [5, 5.41) is 0.452. The van der Waals surface area contributed by atoms with Crippen molar-refractivity contribution in [2.45, 2.75) is 38.4 Å². The van der Waals surface area contributed by atoms with Gasteiger partial charge in [-0.2, -0.15) is 0 Å². The van der Waals surface area contributed by atoms with Gasteiger partial charge in [-0.15, -0.1) is 0 Å². The summed E-state index contributed by atoms with van der Waals surface area (Å²) in [5.41, 5.74) is 0.478. The molecule has 1 aliphatic carbocycles. The van der Waals surface area contributed by atoms with E-state index in [0.717, 1.165) is 12.8 Å². The van der Waals surface area contributed by atoms with Crippen LogP contribution in [-0.2, 0) is 11.3 Å². The second-order valence-corrected chi connectivity index (χ2v) is 4.32. The van der Waals surface area contributed by atoms with Crippen LogP contribution in [0.2, 0.25) is 5.02 Å². The van der Waals surface area contributed by atoms with Crippen molar-refractivity contribution < 1.29 is 9.13 Å². The minimum absolute atomic E-state index is 0.277. The highest BCUT2D eigenvalue weighted by Gasteiger charge is 2.16. The van der Waals surface area contributed by atoms with Gasteiger partial charge in [-0.1, -0.05) is 30.5 Å². The Balaban J connectivity index is 1.97. The number of ether oxygens (including phenoxy) is 1. The maximum atomic E-state index is 13.4. The summed E-state index contributed by atoms with van der Waals surface area (Å²) >= 11 is 5.89. The van der Waals surface area contributed by atoms with Gasteiger partial charge in [-0.05, 0) is 25.0 Å². The molecule has 15 heavy (non-hydrogen) atoms. The van der Waals surface area contributed by atoms with Gasteiger partial charge >= 0.3 is 0 Å². The Morgan fingerprint density at radius 1 is 1.33 bits per heavy atom. The summed E-state index contributed by atoms with van der Waals surface area (Å²) in [5.74, 6) is -0.277. The molecule has 0 aromatic heterocycles. The van der Waals surface area contributed by atoms with Crippen LogP contribution < -0.4 is 0 Å². The molecule has 0 saturated heterocycles. The summed E-state index contributed by atoms with van der Waals surface area (Å²) in [4.78, 5) is 0. The quantitative estimate of drug-likeness (QED) is 0.762. The predicted molar refractivity (Wildman–Crippen MR) is 58.5 cm³/mol. The van der Waals surface area contributed by atoms with Crippen molar-refractivity contribution in [2.24, 2.45) is 0 Å². The van der Waals surface area contributed by atoms with Crippen LogP contribution in [0.4, 0.5) is 4.39 Å². The second kappa shape index (κ2) is 4.95. The zero-order chi connectivity index (χ0) is 10.7. The lowest BCUT2D eigenvalue weighted by molar-refractivity contribution is 0.0441. The van der Waals surface area contributed by atoms with Gasteiger partial charge in [-0.25, -0.2) is 4.39 Å². The molecule has 0 amide bonds. The molecule has 1 aromatic carbocycles. The molecule has 1 fully saturated rings. The molecular weight excluding hydrogens is 215 g/mol. The first-order valence-corrected chi connectivity index (χ1v) is 5.69. The van der Waals surface area contributed by atoms with E-state index in [2.05, 4.69) is 0 Å². The largest absolute Gasteiger partial charge is 0.373 e. The average Bonchev–Trinajstić information content (AvgIpc) is 2.70. The summed E-state index contributed by atoms with van der Waals surface area (Å²) in [6.45, 7) is 0.288. The molecule has 0 bridgehead atoms. The minimum atomic E-state index is -0.277. The molecule has 1 aliphatic rings. The molecule has 0 heterocycles. The molecule has 2 rings (SSSR count). The Bertz CT molecular complexity index is 314. The Kier molecular flexibility index (Phi) is 3.60. The highest BCUT2D eigenvalue weighted by Crippen LogP contribution is 2.25. The highest BCUT2D eigenvalue weighted by atomic mass is 35.5. The second-order valence-electron chi connectivity index (χ2n) is 3.92. The standard InChI is InChI=1S/C12H14ClFO/c13-11-6-3-7-12(14)10(11)8-15-9-4-1-2-5-9/h3,6-7,9H,1-2,4-5,8H2. The van der Waals surface area contributed by atoms with Crippen LogP contribution in [-0.4, -0.2) is 6.10 Å². The monoisotopic (exact) mass is 228 g/mol. The van der Waals surface area contributed by atoms with E-state index in [-0.39, 0.29) is 12.4 Å². The first-order valence-electron chi connectivity index (χ1n) is 5.32. The molecular formula is C12H14ClFO. The van der Waals surface area contributed by atoms with E-state index < -0.39 is 0 Å². The highest BCUT2D eigenvalue weighted by molar-refractivity contribution is 6.31. The van der Waals surface area contributed by atoms with Gasteiger partial charge in [0.05, 0.1) is 12.7 Å². The molecule has 1 saturated carbocycles. The van der Waals surface area contributed by atoms with Crippen LogP contribution in [0.15, 0.2) is 18.2 Å². The third kappa shape index (κ3) is 2.70. The van der Waals surface area contributed by atoms with Gasteiger partial charge in [0.25, 0.3) is 0 Å². The third-order valence-corrected chi connectivity index (χ3v) is 3.18. The van der Waals surface area contributed by atoms with E-state index in [1.165, 1.54) is 18.9 Å².